The van der Waals surface area contributed by atoms with Crippen molar-refractivity contribution in [2.45, 2.75) is 38.8 Å². The van der Waals surface area contributed by atoms with Crippen LogP contribution in [0.1, 0.15) is 31.9 Å². The van der Waals surface area contributed by atoms with Crippen molar-refractivity contribution in [3.8, 4) is 0 Å². The Morgan fingerprint density at radius 3 is 3.20 bits per heavy atom. The molecule has 1 saturated heterocycles. The van der Waals surface area contributed by atoms with Gasteiger partial charge in [0.1, 0.15) is 0 Å². The zero-order valence-electron chi connectivity index (χ0n) is 9.32. The molecule has 1 fully saturated rings. The summed E-state index contributed by atoms with van der Waals surface area (Å²) < 4.78 is 0. The summed E-state index contributed by atoms with van der Waals surface area (Å²) in [6.07, 6.45) is 5.68. The van der Waals surface area contributed by atoms with Gasteiger partial charge < -0.3 is 5.73 Å². The Kier molecular flexibility index (Phi) is 3.21. The molecule has 0 aliphatic carbocycles. The molecule has 3 nitrogen and oxygen atoms in total. The number of nitrogens with zero attached hydrogens (tertiary/aromatic N) is 2. The van der Waals surface area contributed by atoms with Crippen molar-refractivity contribution in [2.75, 3.05) is 12.3 Å². The van der Waals surface area contributed by atoms with Gasteiger partial charge in [-0.3, -0.25) is 9.88 Å². The first-order chi connectivity index (χ1) is 7.29. The van der Waals surface area contributed by atoms with E-state index in [-0.39, 0.29) is 0 Å². The lowest BCUT2D eigenvalue weighted by Crippen LogP contribution is -2.28. The number of rotatable bonds is 3. The quantitative estimate of drug-likeness (QED) is 0.821. The number of hydrogen-bond acceptors (Lipinski definition) is 3. The number of anilines is 1. The first-order valence-corrected chi connectivity index (χ1v) is 5.74. The molecule has 3 heteroatoms. The van der Waals surface area contributed by atoms with Crippen molar-refractivity contribution < 1.29 is 0 Å². The zero-order valence-corrected chi connectivity index (χ0v) is 9.32. The molecule has 0 aromatic carbocycles. The van der Waals surface area contributed by atoms with Crippen molar-refractivity contribution in [3.63, 3.8) is 0 Å². The molecule has 0 spiro atoms. The molecule has 1 aliphatic heterocycles. The number of nitrogen functional groups attached to an aromatic ring is 1. The minimum atomic E-state index is 0.744. The maximum Gasteiger partial charge on any atom is 0.0564 e. The van der Waals surface area contributed by atoms with E-state index in [0.29, 0.717) is 0 Å². The Bertz CT molecular complexity index is 324. The number of likely N-dealkylation sites (tertiary alicyclic amines) is 1. The third-order valence-electron chi connectivity index (χ3n) is 3.18. The third-order valence-corrected chi connectivity index (χ3v) is 3.18. The van der Waals surface area contributed by atoms with E-state index < -0.39 is 0 Å². The Labute approximate surface area is 91.3 Å². The summed E-state index contributed by atoms with van der Waals surface area (Å²) >= 11 is 0. The molecule has 2 heterocycles. The minimum Gasteiger partial charge on any atom is -0.399 e. The van der Waals surface area contributed by atoms with Crippen LogP contribution in [-0.2, 0) is 6.54 Å². The average molecular weight is 205 g/mol. The van der Waals surface area contributed by atoms with E-state index in [1.807, 2.05) is 12.1 Å². The van der Waals surface area contributed by atoms with E-state index in [4.69, 9.17) is 5.73 Å². The van der Waals surface area contributed by atoms with Gasteiger partial charge in [-0.1, -0.05) is 6.92 Å². The number of pyridine rings is 1. The smallest absolute Gasteiger partial charge is 0.0564 e. The Balaban J connectivity index is 2.02. The van der Waals surface area contributed by atoms with Crippen LogP contribution < -0.4 is 5.73 Å². The minimum absolute atomic E-state index is 0.744. The molecule has 0 amide bonds. The third kappa shape index (κ3) is 2.48. The number of hydrogen-bond donors (Lipinski definition) is 1. The van der Waals surface area contributed by atoms with Crippen LogP contribution in [0.15, 0.2) is 18.3 Å². The van der Waals surface area contributed by atoms with Gasteiger partial charge in [-0.15, -0.1) is 0 Å². The summed E-state index contributed by atoms with van der Waals surface area (Å²) in [6, 6.07) is 4.56. The van der Waals surface area contributed by atoms with Crippen molar-refractivity contribution in [1.82, 2.24) is 9.88 Å². The summed E-state index contributed by atoms with van der Waals surface area (Å²) in [7, 11) is 0. The van der Waals surface area contributed by atoms with E-state index in [1.165, 1.54) is 25.8 Å². The standard InChI is InChI=1S/C12H19N3/c1-2-12-4-3-7-15(12)9-11-8-10(13)5-6-14-11/h5-6,8,12H,2-4,7,9H2,1H3,(H2,13,14). The second-order valence-electron chi connectivity index (χ2n) is 4.26. The topological polar surface area (TPSA) is 42.1 Å². The number of aromatic nitrogens is 1. The van der Waals surface area contributed by atoms with Gasteiger partial charge >= 0.3 is 0 Å². The van der Waals surface area contributed by atoms with Crippen molar-refractivity contribution >= 4 is 5.69 Å². The van der Waals surface area contributed by atoms with Crippen LogP contribution in [-0.4, -0.2) is 22.5 Å². The van der Waals surface area contributed by atoms with Crippen LogP contribution in [0.4, 0.5) is 5.69 Å². The fourth-order valence-electron chi connectivity index (χ4n) is 2.36. The van der Waals surface area contributed by atoms with Gasteiger partial charge in [0.2, 0.25) is 0 Å². The molecule has 2 rings (SSSR count). The second-order valence-corrected chi connectivity index (χ2v) is 4.26. The van der Waals surface area contributed by atoms with Gasteiger partial charge in [0.15, 0.2) is 0 Å². The molecular weight excluding hydrogens is 186 g/mol. The van der Waals surface area contributed by atoms with Crippen LogP contribution in [0.5, 0.6) is 0 Å². The van der Waals surface area contributed by atoms with Gasteiger partial charge in [0.05, 0.1) is 5.69 Å². The molecule has 0 radical (unpaired) electrons. The first kappa shape index (κ1) is 10.4. The highest BCUT2D eigenvalue weighted by molar-refractivity contribution is 5.37. The van der Waals surface area contributed by atoms with Crippen LogP contribution in [0.3, 0.4) is 0 Å². The lowest BCUT2D eigenvalue weighted by atomic mass is 10.1. The van der Waals surface area contributed by atoms with Crippen LogP contribution in [0, 0.1) is 0 Å². The van der Waals surface area contributed by atoms with Gasteiger partial charge in [-0.2, -0.15) is 0 Å². The summed E-state index contributed by atoms with van der Waals surface area (Å²) in [5, 5.41) is 0. The molecule has 82 valence electrons. The molecule has 1 aliphatic rings. The van der Waals surface area contributed by atoms with Crippen molar-refractivity contribution in [3.05, 3.63) is 24.0 Å². The SMILES string of the molecule is CCC1CCCN1Cc1cc(N)ccn1. The fraction of sp³-hybridized carbons (Fsp3) is 0.583. The molecule has 15 heavy (non-hydrogen) atoms. The van der Waals surface area contributed by atoms with E-state index >= 15 is 0 Å². The molecule has 1 aromatic rings. The van der Waals surface area contributed by atoms with Crippen molar-refractivity contribution in [1.29, 1.82) is 0 Å². The highest BCUT2D eigenvalue weighted by atomic mass is 15.2. The Hall–Kier alpha value is -1.09. The lowest BCUT2D eigenvalue weighted by Gasteiger charge is -2.22. The largest absolute Gasteiger partial charge is 0.399 e. The zero-order chi connectivity index (χ0) is 10.7. The van der Waals surface area contributed by atoms with Gasteiger partial charge in [-0.05, 0) is 37.9 Å². The molecule has 1 atom stereocenters. The predicted octanol–water partition coefficient (Wildman–Crippen LogP) is 2.04. The molecular formula is C12H19N3. The summed E-state index contributed by atoms with van der Waals surface area (Å²) in [6.45, 7) is 4.41. The predicted molar refractivity (Wildman–Crippen MR) is 62.4 cm³/mol. The van der Waals surface area contributed by atoms with Crippen LogP contribution in [0.25, 0.3) is 0 Å². The maximum absolute atomic E-state index is 5.74. The van der Waals surface area contributed by atoms with E-state index in [0.717, 1.165) is 24.0 Å². The monoisotopic (exact) mass is 205 g/mol. The summed E-state index contributed by atoms with van der Waals surface area (Å²) in [5.74, 6) is 0. The maximum atomic E-state index is 5.74. The van der Waals surface area contributed by atoms with Crippen molar-refractivity contribution in [2.24, 2.45) is 0 Å². The second kappa shape index (κ2) is 4.62. The molecule has 1 unspecified atom stereocenters. The number of nitrogens with two attached hydrogens (primary N) is 1. The lowest BCUT2D eigenvalue weighted by molar-refractivity contribution is 0.237. The molecule has 1 aromatic heterocycles. The van der Waals surface area contributed by atoms with E-state index in [2.05, 4.69) is 16.8 Å². The van der Waals surface area contributed by atoms with Crippen LogP contribution in [0.2, 0.25) is 0 Å². The van der Waals surface area contributed by atoms with Crippen LogP contribution >= 0.6 is 0 Å². The summed E-state index contributed by atoms with van der Waals surface area (Å²) in [5.41, 5.74) is 7.65. The molecule has 0 saturated carbocycles. The normalized spacial score (nSPS) is 22.1. The molecule has 0 bridgehead atoms. The summed E-state index contributed by atoms with van der Waals surface area (Å²) in [4.78, 5) is 6.87. The van der Waals surface area contributed by atoms with Gasteiger partial charge in [0.25, 0.3) is 0 Å². The van der Waals surface area contributed by atoms with Gasteiger partial charge in [0, 0.05) is 24.5 Å². The van der Waals surface area contributed by atoms with E-state index in [1.54, 1.807) is 6.20 Å². The first-order valence-electron chi connectivity index (χ1n) is 5.74. The highest BCUT2D eigenvalue weighted by Crippen LogP contribution is 2.21. The highest BCUT2D eigenvalue weighted by Gasteiger charge is 2.22. The molecule has 2 N–H and O–H groups in total. The Morgan fingerprint density at radius 1 is 1.60 bits per heavy atom. The Morgan fingerprint density at radius 2 is 2.47 bits per heavy atom. The van der Waals surface area contributed by atoms with E-state index in [9.17, 15) is 0 Å². The average Bonchev–Trinajstić information content (AvgIpc) is 2.65. The van der Waals surface area contributed by atoms with Gasteiger partial charge in [-0.25, -0.2) is 0 Å². The fourth-order valence-corrected chi connectivity index (χ4v) is 2.36.